The van der Waals surface area contributed by atoms with E-state index in [1.807, 2.05) is 84.5 Å². The van der Waals surface area contributed by atoms with Gasteiger partial charge >= 0.3 is 6.03 Å². The first kappa shape index (κ1) is 25.4. The number of benzene rings is 3. The summed E-state index contributed by atoms with van der Waals surface area (Å²) in [5, 5.41) is 8.06. The number of hydrogen-bond donors (Lipinski definition) is 1. The lowest BCUT2D eigenvalue weighted by Crippen LogP contribution is -2.38. The van der Waals surface area contributed by atoms with Crippen molar-refractivity contribution in [1.29, 1.82) is 0 Å². The van der Waals surface area contributed by atoms with Gasteiger partial charge in [-0.05, 0) is 73.0 Å². The van der Waals surface area contributed by atoms with Crippen molar-refractivity contribution in [3.05, 3.63) is 125 Å². The first-order valence-electron chi connectivity index (χ1n) is 13.3. The number of aryl methyl sites for hydroxylation is 2. The SMILES string of the molecule is CCc1nn(-c2ccccc2)c2c1CN(C(=O)Nc1cc(C)ccc1OC)[C@@H](c1cccc(F)c1)c1cccn1-2. The van der Waals surface area contributed by atoms with Crippen molar-refractivity contribution in [3.8, 4) is 17.3 Å². The predicted octanol–water partition coefficient (Wildman–Crippen LogP) is 6.82. The quantitative estimate of drug-likeness (QED) is 0.269. The number of nitrogens with one attached hydrogen (secondary N) is 1. The molecule has 5 aromatic rings. The van der Waals surface area contributed by atoms with Gasteiger partial charge in [0.1, 0.15) is 17.4 Å². The first-order valence-corrected chi connectivity index (χ1v) is 13.3. The number of halogens is 1. The van der Waals surface area contributed by atoms with Crippen LogP contribution in [0.15, 0.2) is 91.1 Å². The van der Waals surface area contributed by atoms with Gasteiger partial charge in [0.15, 0.2) is 0 Å². The molecule has 0 radical (unpaired) electrons. The normalized spacial score (nSPS) is 14.3. The molecule has 3 aromatic carbocycles. The Hall–Kier alpha value is -4.85. The molecule has 0 fully saturated rings. The van der Waals surface area contributed by atoms with Crippen molar-refractivity contribution >= 4 is 11.7 Å². The Kier molecular flexibility index (Phi) is 6.59. The number of methoxy groups -OCH3 is 1. The van der Waals surface area contributed by atoms with Crippen molar-refractivity contribution in [1.82, 2.24) is 19.2 Å². The van der Waals surface area contributed by atoms with Gasteiger partial charge in [-0.25, -0.2) is 13.9 Å². The third-order valence-electron chi connectivity index (χ3n) is 7.33. The molecule has 7 nitrogen and oxygen atoms in total. The molecule has 8 heteroatoms. The monoisotopic (exact) mass is 535 g/mol. The summed E-state index contributed by atoms with van der Waals surface area (Å²) < 4.78 is 24.1. The number of ether oxygens (including phenoxy) is 1. The smallest absolute Gasteiger partial charge is 0.323 e. The summed E-state index contributed by atoms with van der Waals surface area (Å²) in [6, 6.07) is 25.1. The molecule has 2 amide bonds. The van der Waals surface area contributed by atoms with Crippen molar-refractivity contribution in [2.45, 2.75) is 32.9 Å². The predicted molar refractivity (Wildman–Crippen MR) is 153 cm³/mol. The molecule has 1 N–H and O–H groups in total. The second-order valence-corrected chi connectivity index (χ2v) is 9.87. The van der Waals surface area contributed by atoms with Crippen molar-refractivity contribution in [2.75, 3.05) is 12.4 Å². The summed E-state index contributed by atoms with van der Waals surface area (Å²) in [6.45, 7) is 4.29. The van der Waals surface area contributed by atoms with E-state index in [4.69, 9.17) is 9.84 Å². The zero-order valence-corrected chi connectivity index (χ0v) is 22.6. The number of anilines is 1. The van der Waals surface area contributed by atoms with Gasteiger partial charge in [-0.15, -0.1) is 0 Å². The Morgan fingerprint density at radius 3 is 2.62 bits per heavy atom. The van der Waals surface area contributed by atoms with E-state index >= 15 is 0 Å². The average Bonchev–Trinajstić information content (AvgIpc) is 3.54. The lowest BCUT2D eigenvalue weighted by atomic mass is 10.0. The summed E-state index contributed by atoms with van der Waals surface area (Å²) in [7, 11) is 1.58. The highest BCUT2D eigenvalue weighted by Gasteiger charge is 2.36. The highest BCUT2D eigenvalue weighted by molar-refractivity contribution is 5.92. The fraction of sp³-hybridized carbons (Fsp3) is 0.188. The van der Waals surface area contributed by atoms with Crippen molar-refractivity contribution in [2.24, 2.45) is 0 Å². The topological polar surface area (TPSA) is 64.3 Å². The van der Waals surface area contributed by atoms with Gasteiger partial charge in [0.25, 0.3) is 0 Å². The largest absolute Gasteiger partial charge is 0.495 e. The number of urea groups is 1. The minimum atomic E-state index is -0.567. The molecule has 1 aliphatic heterocycles. The molecule has 2 aromatic heterocycles. The fourth-order valence-corrected chi connectivity index (χ4v) is 5.48. The van der Waals surface area contributed by atoms with Gasteiger partial charge in [-0.3, -0.25) is 0 Å². The van der Waals surface area contributed by atoms with Crippen LogP contribution in [-0.4, -0.2) is 32.4 Å². The molecular formula is C32H30FN5O2. The Morgan fingerprint density at radius 1 is 1.05 bits per heavy atom. The summed E-state index contributed by atoms with van der Waals surface area (Å²) in [5.41, 5.74) is 5.81. The molecular weight excluding hydrogens is 505 g/mol. The van der Waals surface area contributed by atoms with Crippen LogP contribution in [0.1, 0.15) is 41.0 Å². The van der Waals surface area contributed by atoms with Gasteiger partial charge in [-0.1, -0.05) is 43.3 Å². The molecule has 1 aliphatic rings. The summed E-state index contributed by atoms with van der Waals surface area (Å²) in [6.07, 6.45) is 2.66. The second kappa shape index (κ2) is 10.4. The van der Waals surface area contributed by atoms with E-state index in [9.17, 15) is 9.18 Å². The minimum absolute atomic E-state index is 0.272. The van der Waals surface area contributed by atoms with E-state index < -0.39 is 6.04 Å². The van der Waals surface area contributed by atoms with E-state index in [2.05, 4.69) is 16.8 Å². The van der Waals surface area contributed by atoms with E-state index in [1.165, 1.54) is 12.1 Å². The number of rotatable bonds is 5. The van der Waals surface area contributed by atoms with Crippen LogP contribution in [0.2, 0.25) is 0 Å². The first-order chi connectivity index (χ1) is 19.5. The molecule has 40 heavy (non-hydrogen) atoms. The van der Waals surface area contributed by atoms with Gasteiger partial charge in [0, 0.05) is 11.8 Å². The number of aromatic nitrogens is 3. The van der Waals surface area contributed by atoms with Gasteiger partial charge < -0.3 is 19.5 Å². The van der Waals surface area contributed by atoms with E-state index in [0.29, 0.717) is 23.4 Å². The van der Waals surface area contributed by atoms with Crippen LogP contribution in [0.4, 0.5) is 14.9 Å². The lowest BCUT2D eigenvalue weighted by molar-refractivity contribution is 0.194. The molecule has 202 valence electrons. The molecule has 0 saturated heterocycles. The molecule has 0 aliphatic carbocycles. The third kappa shape index (κ3) is 4.41. The minimum Gasteiger partial charge on any atom is -0.495 e. The number of carbonyl (C=O) groups is 1. The highest BCUT2D eigenvalue weighted by Crippen LogP contribution is 2.39. The zero-order valence-electron chi connectivity index (χ0n) is 22.6. The van der Waals surface area contributed by atoms with Crippen LogP contribution in [0, 0.1) is 12.7 Å². The maximum Gasteiger partial charge on any atom is 0.323 e. The highest BCUT2D eigenvalue weighted by atomic mass is 19.1. The molecule has 3 heterocycles. The Labute approximate surface area is 232 Å². The molecule has 0 bridgehead atoms. The Balaban J connectivity index is 1.55. The van der Waals surface area contributed by atoms with Crippen LogP contribution in [0.25, 0.3) is 11.5 Å². The maximum atomic E-state index is 14.6. The number of carbonyl (C=O) groups excluding carboxylic acids is 1. The number of fused-ring (bicyclic) bond motifs is 3. The molecule has 0 unspecified atom stereocenters. The van der Waals surface area contributed by atoms with Crippen LogP contribution in [0.5, 0.6) is 5.75 Å². The van der Waals surface area contributed by atoms with E-state index in [1.54, 1.807) is 18.1 Å². The van der Waals surface area contributed by atoms with Crippen molar-refractivity contribution in [3.63, 3.8) is 0 Å². The number of nitrogens with zero attached hydrogens (tertiary/aromatic N) is 4. The fourth-order valence-electron chi connectivity index (χ4n) is 5.48. The summed E-state index contributed by atoms with van der Waals surface area (Å²) >= 11 is 0. The number of amides is 2. The van der Waals surface area contributed by atoms with Gasteiger partial charge in [-0.2, -0.15) is 5.10 Å². The summed E-state index contributed by atoms with van der Waals surface area (Å²) in [5.74, 6) is 1.07. The van der Waals surface area contributed by atoms with Crippen LogP contribution >= 0.6 is 0 Å². The molecule has 0 spiro atoms. The van der Waals surface area contributed by atoms with Crippen LogP contribution < -0.4 is 10.1 Å². The van der Waals surface area contributed by atoms with E-state index in [0.717, 1.165) is 34.0 Å². The maximum absolute atomic E-state index is 14.6. The van der Waals surface area contributed by atoms with Crippen LogP contribution in [0.3, 0.4) is 0 Å². The number of para-hydroxylation sites is 1. The molecule has 0 saturated carbocycles. The average molecular weight is 536 g/mol. The summed E-state index contributed by atoms with van der Waals surface area (Å²) in [4.78, 5) is 16.0. The standard InChI is InChI=1S/C32H30FN5O2/c1-4-26-25-20-37(32(39)34-27-18-21(2)15-16-29(27)40-3)30(22-10-8-11-23(33)19-22)28-14-9-17-36(28)31(25)38(35-26)24-12-6-5-7-13-24/h5-19,30H,4,20H2,1-3H3,(H,34,39)/t30-/m0/s1. The molecule has 1 atom stereocenters. The van der Waals surface area contributed by atoms with E-state index in [-0.39, 0.29) is 18.4 Å². The molecule has 6 rings (SSSR count). The van der Waals surface area contributed by atoms with Gasteiger partial charge in [0.2, 0.25) is 0 Å². The Morgan fingerprint density at radius 2 is 1.88 bits per heavy atom. The second-order valence-electron chi connectivity index (χ2n) is 9.87. The van der Waals surface area contributed by atoms with Gasteiger partial charge in [0.05, 0.1) is 42.5 Å². The van der Waals surface area contributed by atoms with Crippen LogP contribution in [-0.2, 0) is 13.0 Å². The zero-order chi connectivity index (χ0) is 27.8. The third-order valence-corrected chi connectivity index (χ3v) is 7.33. The Bertz CT molecular complexity index is 1690. The lowest BCUT2D eigenvalue weighted by Gasteiger charge is -2.31. The van der Waals surface area contributed by atoms with Crippen molar-refractivity contribution < 1.29 is 13.9 Å². The number of hydrogen-bond acceptors (Lipinski definition) is 3.